The van der Waals surface area contributed by atoms with Gasteiger partial charge in [0.15, 0.2) is 0 Å². The summed E-state index contributed by atoms with van der Waals surface area (Å²) in [5.41, 5.74) is 7.03. The highest BCUT2D eigenvalue weighted by Crippen LogP contribution is 2.11. The summed E-state index contributed by atoms with van der Waals surface area (Å²) < 4.78 is 0. The van der Waals surface area contributed by atoms with Crippen LogP contribution in [0, 0.1) is 0 Å². The van der Waals surface area contributed by atoms with Crippen molar-refractivity contribution in [3.05, 3.63) is 35.3 Å². The molecule has 1 aliphatic carbocycles. The van der Waals surface area contributed by atoms with E-state index in [2.05, 4.69) is 0 Å². The van der Waals surface area contributed by atoms with Gasteiger partial charge in [0.05, 0.1) is 5.70 Å². The van der Waals surface area contributed by atoms with Gasteiger partial charge in [-0.1, -0.05) is 12.2 Å². The number of rotatable bonds is 0. The van der Waals surface area contributed by atoms with Gasteiger partial charge in [0, 0.05) is 6.42 Å². The molecule has 2 nitrogen and oxygen atoms in total. The summed E-state index contributed by atoms with van der Waals surface area (Å²) in [6.45, 7) is 1.95. The van der Waals surface area contributed by atoms with Crippen molar-refractivity contribution in [2.24, 2.45) is 5.73 Å². The van der Waals surface area contributed by atoms with E-state index in [1.165, 1.54) is 0 Å². The highest BCUT2D eigenvalue weighted by atomic mass is 16.3. The Bertz CT molecular complexity index is 223. The van der Waals surface area contributed by atoms with Gasteiger partial charge in [0.25, 0.3) is 0 Å². The monoisotopic (exact) mass is 137 g/mol. The van der Waals surface area contributed by atoms with Crippen LogP contribution >= 0.6 is 0 Å². The first-order valence-electron chi connectivity index (χ1n) is 3.22. The lowest BCUT2D eigenvalue weighted by atomic mass is 10.2. The molecule has 54 valence electrons. The third kappa shape index (κ3) is 1.41. The van der Waals surface area contributed by atoms with Crippen LogP contribution in [-0.2, 0) is 0 Å². The second kappa shape index (κ2) is 2.60. The standard InChI is InChI=1S/C8H11NO/c1-6-3-2-4-8(10)7(9)5-6/h2-3,5,10H,4,9H2,1H3. The van der Waals surface area contributed by atoms with Crippen LogP contribution < -0.4 is 5.73 Å². The Hall–Kier alpha value is -1.18. The van der Waals surface area contributed by atoms with Gasteiger partial charge in [-0.3, -0.25) is 0 Å². The fourth-order valence-corrected chi connectivity index (χ4v) is 0.851. The Morgan fingerprint density at radius 3 is 3.00 bits per heavy atom. The zero-order valence-corrected chi connectivity index (χ0v) is 5.96. The molecule has 0 fully saturated rings. The molecule has 0 aromatic rings. The van der Waals surface area contributed by atoms with Gasteiger partial charge in [-0.15, -0.1) is 0 Å². The topological polar surface area (TPSA) is 46.2 Å². The molecule has 0 saturated heterocycles. The van der Waals surface area contributed by atoms with E-state index >= 15 is 0 Å². The van der Waals surface area contributed by atoms with Crippen molar-refractivity contribution in [2.75, 3.05) is 0 Å². The molecule has 1 aliphatic rings. The van der Waals surface area contributed by atoms with Crippen LogP contribution in [0.2, 0.25) is 0 Å². The van der Waals surface area contributed by atoms with Crippen LogP contribution in [0.15, 0.2) is 35.3 Å². The van der Waals surface area contributed by atoms with Gasteiger partial charge in [0.1, 0.15) is 5.76 Å². The van der Waals surface area contributed by atoms with Crippen molar-refractivity contribution in [3.63, 3.8) is 0 Å². The minimum Gasteiger partial charge on any atom is -0.510 e. The van der Waals surface area contributed by atoms with Crippen molar-refractivity contribution in [3.8, 4) is 0 Å². The molecule has 0 aromatic carbocycles. The molecule has 0 atom stereocenters. The molecular weight excluding hydrogens is 126 g/mol. The molecule has 0 unspecified atom stereocenters. The van der Waals surface area contributed by atoms with Gasteiger partial charge in [-0.05, 0) is 18.6 Å². The van der Waals surface area contributed by atoms with E-state index in [0.717, 1.165) is 5.57 Å². The molecule has 1 rings (SSSR count). The summed E-state index contributed by atoms with van der Waals surface area (Å²) in [5.74, 6) is 0.258. The SMILES string of the molecule is CC1=CC(N)=C(O)CC=C1. The summed E-state index contributed by atoms with van der Waals surface area (Å²) >= 11 is 0. The van der Waals surface area contributed by atoms with E-state index in [4.69, 9.17) is 10.8 Å². The third-order valence-corrected chi connectivity index (χ3v) is 1.41. The molecule has 0 amide bonds. The maximum absolute atomic E-state index is 9.13. The van der Waals surface area contributed by atoms with Crippen LogP contribution in [0.25, 0.3) is 0 Å². The third-order valence-electron chi connectivity index (χ3n) is 1.41. The van der Waals surface area contributed by atoms with Crippen LogP contribution in [0.5, 0.6) is 0 Å². The maximum Gasteiger partial charge on any atom is 0.119 e. The van der Waals surface area contributed by atoms with Gasteiger partial charge >= 0.3 is 0 Å². The predicted octanol–water partition coefficient (Wildman–Crippen LogP) is 1.62. The Kier molecular flexibility index (Phi) is 1.81. The zero-order valence-electron chi connectivity index (χ0n) is 5.96. The molecule has 2 heteroatoms. The van der Waals surface area contributed by atoms with Crippen molar-refractivity contribution in [2.45, 2.75) is 13.3 Å². The average Bonchev–Trinajstić information content (AvgIpc) is 1.96. The van der Waals surface area contributed by atoms with Crippen molar-refractivity contribution < 1.29 is 5.11 Å². The lowest BCUT2D eigenvalue weighted by Gasteiger charge is -1.95. The first kappa shape index (κ1) is 6.93. The van der Waals surface area contributed by atoms with E-state index in [9.17, 15) is 0 Å². The second-order valence-electron chi connectivity index (χ2n) is 2.40. The summed E-state index contributed by atoms with van der Waals surface area (Å²) in [4.78, 5) is 0. The highest BCUT2D eigenvalue weighted by molar-refractivity contribution is 5.32. The molecule has 3 N–H and O–H groups in total. The fourth-order valence-electron chi connectivity index (χ4n) is 0.851. The summed E-state index contributed by atoms with van der Waals surface area (Å²) in [6, 6.07) is 0. The van der Waals surface area contributed by atoms with Crippen LogP contribution in [0.1, 0.15) is 13.3 Å². The van der Waals surface area contributed by atoms with Crippen LogP contribution in [-0.4, -0.2) is 5.11 Å². The fraction of sp³-hybridized carbons (Fsp3) is 0.250. The number of allylic oxidation sites excluding steroid dienone is 4. The van der Waals surface area contributed by atoms with Gasteiger partial charge in [-0.2, -0.15) is 0 Å². The maximum atomic E-state index is 9.13. The number of hydrogen-bond donors (Lipinski definition) is 2. The number of hydrogen-bond acceptors (Lipinski definition) is 2. The lowest BCUT2D eigenvalue weighted by Crippen LogP contribution is -1.98. The highest BCUT2D eigenvalue weighted by Gasteiger charge is 1.99. The first-order chi connectivity index (χ1) is 4.70. The molecule has 0 aromatic heterocycles. The molecule has 0 radical (unpaired) electrons. The largest absolute Gasteiger partial charge is 0.510 e. The van der Waals surface area contributed by atoms with Crippen LogP contribution in [0.3, 0.4) is 0 Å². The van der Waals surface area contributed by atoms with Crippen LogP contribution in [0.4, 0.5) is 0 Å². The van der Waals surface area contributed by atoms with Gasteiger partial charge < -0.3 is 10.8 Å². The van der Waals surface area contributed by atoms with E-state index < -0.39 is 0 Å². The van der Waals surface area contributed by atoms with Crippen molar-refractivity contribution in [1.82, 2.24) is 0 Å². The molecule has 0 spiro atoms. The van der Waals surface area contributed by atoms with Gasteiger partial charge in [0.2, 0.25) is 0 Å². The minimum absolute atomic E-state index is 0.258. The van der Waals surface area contributed by atoms with Gasteiger partial charge in [-0.25, -0.2) is 0 Å². The Balaban J connectivity index is 2.96. The second-order valence-corrected chi connectivity index (χ2v) is 2.40. The number of aliphatic hydroxyl groups excluding tert-OH is 1. The molecule has 0 bridgehead atoms. The summed E-state index contributed by atoms with van der Waals surface area (Å²) in [7, 11) is 0. The van der Waals surface area contributed by atoms with Crippen molar-refractivity contribution >= 4 is 0 Å². The number of nitrogens with two attached hydrogens (primary N) is 1. The zero-order chi connectivity index (χ0) is 7.56. The molecule has 0 aliphatic heterocycles. The molecule has 0 saturated carbocycles. The summed E-state index contributed by atoms with van der Waals surface area (Å²) in [5, 5.41) is 9.13. The predicted molar refractivity (Wildman–Crippen MR) is 41.4 cm³/mol. The first-order valence-corrected chi connectivity index (χ1v) is 3.22. The van der Waals surface area contributed by atoms with E-state index in [1.807, 2.05) is 19.1 Å². The Labute approximate surface area is 60.4 Å². The number of aliphatic hydroxyl groups is 1. The molecule has 10 heavy (non-hydrogen) atoms. The normalized spacial score (nSPS) is 18.7. The van der Waals surface area contributed by atoms with E-state index in [0.29, 0.717) is 12.1 Å². The Morgan fingerprint density at radius 1 is 1.60 bits per heavy atom. The smallest absolute Gasteiger partial charge is 0.119 e. The van der Waals surface area contributed by atoms with E-state index in [1.54, 1.807) is 6.08 Å². The van der Waals surface area contributed by atoms with E-state index in [-0.39, 0.29) is 5.76 Å². The molecule has 0 heterocycles. The van der Waals surface area contributed by atoms with Crippen molar-refractivity contribution in [1.29, 1.82) is 0 Å². The minimum atomic E-state index is 0.258. The lowest BCUT2D eigenvalue weighted by molar-refractivity contribution is 0.395. The molecular formula is C8H11NO. The Morgan fingerprint density at radius 2 is 2.30 bits per heavy atom. The quantitative estimate of drug-likeness (QED) is 0.533. The average molecular weight is 137 g/mol. The summed E-state index contributed by atoms with van der Waals surface area (Å²) in [6.07, 6.45) is 6.13.